The van der Waals surface area contributed by atoms with Crippen LogP contribution in [0.4, 0.5) is 0 Å². The van der Waals surface area contributed by atoms with Crippen LogP contribution in [0, 0.1) is 5.92 Å². The van der Waals surface area contributed by atoms with Crippen LogP contribution in [-0.4, -0.2) is 26.7 Å². The molecule has 1 aromatic rings. The topological polar surface area (TPSA) is 79.5 Å². The van der Waals surface area contributed by atoms with Crippen molar-refractivity contribution in [1.82, 2.24) is 4.57 Å². The highest BCUT2D eigenvalue weighted by atomic mass is 16.4. The summed E-state index contributed by atoms with van der Waals surface area (Å²) in [5.41, 5.74) is -0.488. The van der Waals surface area contributed by atoms with E-state index in [0.29, 0.717) is 18.7 Å². The van der Waals surface area contributed by atoms with Gasteiger partial charge in [0, 0.05) is 18.4 Å². The number of carboxylic acid groups (broad SMARTS) is 2. The molecule has 0 fully saturated rings. The zero-order chi connectivity index (χ0) is 13.5. The highest BCUT2D eigenvalue weighted by molar-refractivity contribution is 5.93. The number of aromatic nitrogens is 1. The molecule has 0 bridgehead atoms. The van der Waals surface area contributed by atoms with Crippen LogP contribution in [0.1, 0.15) is 42.7 Å². The molecule has 1 aromatic heterocycles. The van der Waals surface area contributed by atoms with E-state index >= 15 is 0 Å². The first kappa shape index (κ1) is 12.7. The molecule has 0 aromatic carbocycles. The Labute approximate surface area is 105 Å². The van der Waals surface area contributed by atoms with Gasteiger partial charge in [0.1, 0.15) is 5.41 Å². The van der Waals surface area contributed by atoms with Crippen molar-refractivity contribution < 1.29 is 19.8 Å². The molecular formula is C13H17NO4. The first-order chi connectivity index (χ1) is 8.48. The lowest BCUT2D eigenvalue weighted by Crippen LogP contribution is -2.40. The Morgan fingerprint density at radius 3 is 2.56 bits per heavy atom. The van der Waals surface area contributed by atoms with Gasteiger partial charge in [0.15, 0.2) is 0 Å². The summed E-state index contributed by atoms with van der Waals surface area (Å²) in [6.07, 6.45) is 2.81. The Kier molecular flexibility index (Phi) is 2.92. The second kappa shape index (κ2) is 4.15. The van der Waals surface area contributed by atoms with E-state index in [1.54, 1.807) is 10.8 Å². The van der Waals surface area contributed by atoms with Gasteiger partial charge < -0.3 is 14.8 Å². The van der Waals surface area contributed by atoms with Gasteiger partial charge >= 0.3 is 11.9 Å². The Balaban J connectivity index is 2.68. The predicted molar refractivity (Wildman–Crippen MR) is 64.8 cm³/mol. The fraction of sp³-hybridized carbons (Fsp3) is 0.538. The van der Waals surface area contributed by atoms with Gasteiger partial charge in [-0.3, -0.25) is 4.79 Å². The molecule has 2 N–H and O–H groups in total. The van der Waals surface area contributed by atoms with Crippen molar-refractivity contribution in [3.63, 3.8) is 0 Å². The fourth-order valence-corrected chi connectivity index (χ4v) is 3.24. The predicted octanol–water partition coefficient (Wildman–Crippen LogP) is 1.96. The van der Waals surface area contributed by atoms with Crippen LogP contribution in [-0.2, 0) is 16.8 Å². The van der Waals surface area contributed by atoms with Gasteiger partial charge in [-0.15, -0.1) is 0 Å². The van der Waals surface area contributed by atoms with Crippen molar-refractivity contribution in [2.75, 3.05) is 0 Å². The van der Waals surface area contributed by atoms with Crippen LogP contribution in [0.25, 0.3) is 0 Å². The molecule has 0 aliphatic carbocycles. The Bertz CT molecular complexity index is 505. The Morgan fingerprint density at radius 1 is 1.44 bits per heavy atom. The van der Waals surface area contributed by atoms with E-state index < -0.39 is 17.4 Å². The van der Waals surface area contributed by atoms with E-state index in [2.05, 4.69) is 0 Å². The lowest BCUT2D eigenvalue weighted by Gasteiger charge is -2.29. The van der Waals surface area contributed by atoms with Crippen LogP contribution in [0.15, 0.2) is 12.3 Å². The molecule has 5 nitrogen and oxygen atoms in total. The number of aliphatic carboxylic acids is 1. The van der Waals surface area contributed by atoms with Crippen LogP contribution in [0.5, 0.6) is 0 Å². The quantitative estimate of drug-likeness (QED) is 0.857. The lowest BCUT2D eigenvalue weighted by atomic mass is 9.71. The smallest absolute Gasteiger partial charge is 0.337 e. The minimum absolute atomic E-state index is 0.0469. The molecule has 0 spiro atoms. The van der Waals surface area contributed by atoms with E-state index in [0.717, 1.165) is 6.42 Å². The molecule has 98 valence electrons. The third-order valence-electron chi connectivity index (χ3n) is 4.16. The van der Waals surface area contributed by atoms with Gasteiger partial charge in [-0.1, -0.05) is 20.3 Å². The average Bonchev–Trinajstić information content (AvgIpc) is 2.84. The zero-order valence-corrected chi connectivity index (χ0v) is 10.5. The second-order valence-electron chi connectivity index (χ2n) is 4.77. The monoisotopic (exact) mass is 251 g/mol. The normalized spacial score (nSPS) is 26.0. The molecular weight excluding hydrogens is 234 g/mol. The summed E-state index contributed by atoms with van der Waals surface area (Å²) in [4.78, 5) is 23.0. The summed E-state index contributed by atoms with van der Waals surface area (Å²) in [6, 6.07) is 1.50. The standard InChI is InChI=1S/C13H17NO4/c1-3-8-7-14-6-5-9(11(15)16)10(14)13(8,4-2)12(17)18/h5-6,8H,3-4,7H2,1-2H3,(H,15,16)(H,17,18). The molecule has 2 heterocycles. The molecule has 0 saturated heterocycles. The van der Waals surface area contributed by atoms with Crippen molar-refractivity contribution in [3.8, 4) is 0 Å². The lowest BCUT2D eigenvalue weighted by molar-refractivity contribution is -0.146. The maximum atomic E-state index is 11.8. The van der Waals surface area contributed by atoms with E-state index in [9.17, 15) is 19.8 Å². The van der Waals surface area contributed by atoms with E-state index in [4.69, 9.17) is 0 Å². The molecule has 1 aliphatic heterocycles. The third kappa shape index (κ3) is 1.39. The van der Waals surface area contributed by atoms with E-state index in [1.807, 2.05) is 13.8 Å². The molecule has 5 heteroatoms. The number of carboxylic acids is 2. The first-order valence-electron chi connectivity index (χ1n) is 6.15. The maximum absolute atomic E-state index is 11.8. The van der Waals surface area contributed by atoms with Gasteiger partial charge in [-0.05, 0) is 18.4 Å². The second-order valence-corrected chi connectivity index (χ2v) is 4.77. The molecule has 2 rings (SSSR count). The van der Waals surface area contributed by atoms with Crippen molar-refractivity contribution in [2.45, 2.75) is 38.6 Å². The summed E-state index contributed by atoms with van der Waals surface area (Å²) in [5, 5.41) is 18.8. The number of fused-ring (bicyclic) bond motifs is 1. The molecule has 2 unspecified atom stereocenters. The number of hydrogen-bond acceptors (Lipinski definition) is 2. The summed E-state index contributed by atoms with van der Waals surface area (Å²) < 4.78 is 1.79. The van der Waals surface area contributed by atoms with Gasteiger partial charge in [0.25, 0.3) is 0 Å². The van der Waals surface area contributed by atoms with Crippen molar-refractivity contribution >= 4 is 11.9 Å². The molecule has 2 atom stereocenters. The summed E-state index contributed by atoms with van der Waals surface area (Å²) in [7, 11) is 0. The minimum Gasteiger partial charge on any atom is -0.481 e. The highest BCUT2D eigenvalue weighted by Crippen LogP contribution is 2.46. The summed E-state index contributed by atoms with van der Waals surface area (Å²) in [5.74, 6) is -2.02. The summed E-state index contributed by atoms with van der Waals surface area (Å²) in [6.45, 7) is 4.34. The fourth-order valence-electron chi connectivity index (χ4n) is 3.24. The van der Waals surface area contributed by atoms with Crippen LogP contribution in [0.3, 0.4) is 0 Å². The van der Waals surface area contributed by atoms with E-state index in [1.165, 1.54) is 6.07 Å². The maximum Gasteiger partial charge on any atom is 0.337 e. The number of hydrogen-bond donors (Lipinski definition) is 2. The molecule has 18 heavy (non-hydrogen) atoms. The first-order valence-corrected chi connectivity index (χ1v) is 6.15. The number of carbonyl (C=O) groups is 2. The summed E-state index contributed by atoms with van der Waals surface area (Å²) >= 11 is 0. The average molecular weight is 251 g/mol. The highest BCUT2D eigenvalue weighted by Gasteiger charge is 2.53. The minimum atomic E-state index is -1.06. The van der Waals surface area contributed by atoms with Crippen molar-refractivity contribution in [2.24, 2.45) is 5.92 Å². The van der Waals surface area contributed by atoms with Gasteiger partial charge in [-0.2, -0.15) is 0 Å². The van der Waals surface area contributed by atoms with E-state index in [-0.39, 0.29) is 11.5 Å². The Hall–Kier alpha value is -1.78. The number of rotatable bonds is 4. The third-order valence-corrected chi connectivity index (χ3v) is 4.16. The van der Waals surface area contributed by atoms with Crippen LogP contribution >= 0.6 is 0 Å². The van der Waals surface area contributed by atoms with Crippen LogP contribution < -0.4 is 0 Å². The number of aromatic carboxylic acids is 1. The van der Waals surface area contributed by atoms with Crippen molar-refractivity contribution in [1.29, 1.82) is 0 Å². The van der Waals surface area contributed by atoms with Gasteiger partial charge in [0.05, 0.1) is 5.56 Å². The van der Waals surface area contributed by atoms with Gasteiger partial charge in [-0.25, -0.2) is 4.79 Å². The number of nitrogens with zero attached hydrogens (tertiary/aromatic N) is 1. The van der Waals surface area contributed by atoms with Gasteiger partial charge in [0.2, 0.25) is 0 Å². The van der Waals surface area contributed by atoms with Crippen molar-refractivity contribution in [3.05, 3.63) is 23.5 Å². The molecule has 1 aliphatic rings. The SMILES string of the molecule is CCC1Cn2ccc(C(=O)O)c2C1(CC)C(=O)O. The largest absolute Gasteiger partial charge is 0.481 e. The van der Waals surface area contributed by atoms with Crippen LogP contribution in [0.2, 0.25) is 0 Å². The Morgan fingerprint density at radius 2 is 2.11 bits per heavy atom. The zero-order valence-electron chi connectivity index (χ0n) is 10.5. The molecule has 0 saturated carbocycles. The molecule has 0 radical (unpaired) electrons. The molecule has 0 amide bonds.